The highest BCUT2D eigenvalue weighted by Crippen LogP contribution is 2.05. The summed E-state index contributed by atoms with van der Waals surface area (Å²) in [4.78, 5) is 21.7. The van der Waals surface area contributed by atoms with E-state index in [-0.39, 0.29) is 13.0 Å². The van der Waals surface area contributed by atoms with Gasteiger partial charge in [0, 0.05) is 0 Å². The Hall–Kier alpha value is -1.15. The van der Waals surface area contributed by atoms with Gasteiger partial charge in [0.25, 0.3) is 0 Å². The van der Waals surface area contributed by atoms with Crippen LogP contribution in [0.4, 0.5) is 0 Å². The van der Waals surface area contributed by atoms with E-state index >= 15 is 0 Å². The van der Waals surface area contributed by atoms with Crippen LogP contribution < -0.4 is 4.72 Å². The molecule has 0 bridgehead atoms. The minimum Gasteiger partial charge on any atom is -0.480 e. The maximum atomic E-state index is 11.5. The number of carbonyl (C=O) groups excluding carboxylic acids is 1. The van der Waals surface area contributed by atoms with Crippen molar-refractivity contribution in [1.29, 1.82) is 0 Å². The highest BCUT2D eigenvalue weighted by Gasteiger charge is 2.32. The average molecular weight is 267 g/mol. The molecule has 100 valence electrons. The van der Waals surface area contributed by atoms with E-state index in [0.29, 0.717) is 0 Å². The first-order chi connectivity index (χ1) is 7.60. The van der Waals surface area contributed by atoms with E-state index in [4.69, 9.17) is 5.11 Å². The number of carboxylic acids is 1. The molecule has 0 radical (unpaired) electrons. The van der Waals surface area contributed by atoms with Crippen LogP contribution in [-0.2, 0) is 24.3 Å². The molecule has 0 aliphatic carbocycles. The van der Waals surface area contributed by atoms with Gasteiger partial charge in [0.05, 0.1) is 18.8 Å². The van der Waals surface area contributed by atoms with Crippen molar-refractivity contribution in [2.75, 3.05) is 12.4 Å². The zero-order valence-electron chi connectivity index (χ0n) is 10.0. The van der Waals surface area contributed by atoms with Gasteiger partial charge < -0.3 is 9.84 Å². The Labute approximate surface area is 100 Å². The molecule has 0 aromatic heterocycles. The van der Waals surface area contributed by atoms with Gasteiger partial charge in [0.1, 0.15) is 5.54 Å². The Bertz CT molecular complexity index is 386. The van der Waals surface area contributed by atoms with E-state index < -0.39 is 33.3 Å². The number of aliphatic carboxylic acids is 1. The fourth-order valence-corrected chi connectivity index (χ4v) is 2.34. The molecule has 0 unspecified atom stereocenters. The van der Waals surface area contributed by atoms with E-state index in [9.17, 15) is 18.0 Å². The van der Waals surface area contributed by atoms with Gasteiger partial charge in [-0.2, -0.15) is 4.72 Å². The summed E-state index contributed by atoms with van der Waals surface area (Å²) in [5.41, 5.74) is -1.60. The van der Waals surface area contributed by atoms with Gasteiger partial charge >= 0.3 is 11.9 Å². The standard InChI is InChI=1S/C9H17NO6S/c1-4-16-7(11)5-6-17(14,15)10-9(2,3)8(12)13/h10H,4-6H2,1-3H3,(H,12,13). The molecule has 0 aromatic carbocycles. The third kappa shape index (κ3) is 6.22. The highest BCUT2D eigenvalue weighted by atomic mass is 32.2. The number of esters is 1. The van der Waals surface area contributed by atoms with Gasteiger partial charge in [-0.3, -0.25) is 9.59 Å². The summed E-state index contributed by atoms with van der Waals surface area (Å²) in [5, 5.41) is 8.75. The zero-order chi connectivity index (χ0) is 13.7. The molecule has 0 heterocycles. The van der Waals surface area contributed by atoms with Crippen LogP contribution in [0.15, 0.2) is 0 Å². The van der Waals surface area contributed by atoms with Crippen molar-refractivity contribution in [3.63, 3.8) is 0 Å². The summed E-state index contributed by atoms with van der Waals surface area (Å²) in [5.74, 6) is -2.43. The van der Waals surface area contributed by atoms with Crippen LogP contribution >= 0.6 is 0 Å². The molecule has 17 heavy (non-hydrogen) atoms. The molecular weight excluding hydrogens is 250 g/mol. The smallest absolute Gasteiger partial charge is 0.324 e. The Morgan fingerprint density at radius 3 is 2.29 bits per heavy atom. The number of hydrogen-bond acceptors (Lipinski definition) is 5. The molecule has 0 atom stereocenters. The SMILES string of the molecule is CCOC(=O)CCS(=O)(=O)NC(C)(C)C(=O)O. The van der Waals surface area contributed by atoms with E-state index in [2.05, 4.69) is 4.74 Å². The van der Waals surface area contributed by atoms with Crippen LogP contribution in [0.3, 0.4) is 0 Å². The van der Waals surface area contributed by atoms with Crippen LogP contribution in [0.2, 0.25) is 0 Å². The molecule has 0 aromatic rings. The number of sulfonamides is 1. The van der Waals surface area contributed by atoms with Crippen LogP contribution in [0, 0.1) is 0 Å². The lowest BCUT2D eigenvalue weighted by Gasteiger charge is -2.20. The molecule has 0 rings (SSSR count). The molecule has 2 N–H and O–H groups in total. The third-order valence-corrected chi connectivity index (χ3v) is 3.39. The first-order valence-electron chi connectivity index (χ1n) is 5.01. The minimum atomic E-state index is -3.83. The Balaban J connectivity index is 4.41. The largest absolute Gasteiger partial charge is 0.480 e. The molecular formula is C9H17NO6S. The predicted molar refractivity (Wildman–Crippen MR) is 59.9 cm³/mol. The van der Waals surface area contributed by atoms with Crippen molar-refractivity contribution in [2.24, 2.45) is 0 Å². The molecule has 0 amide bonds. The predicted octanol–water partition coefficient (Wildman–Crippen LogP) is -0.278. The second-order valence-corrected chi connectivity index (χ2v) is 5.75. The van der Waals surface area contributed by atoms with Crippen LogP contribution in [-0.4, -0.2) is 43.4 Å². The Morgan fingerprint density at radius 1 is 1.35 bits per heavy atom. The van der Waals surface area contributed by atoms with Crippen LogP contribution in [0.25, 0.3) is 0 Å². The molecule has 7 nitrogen and oxygen atoms in total. The van der Waals surface area contributed by atoms with Gasteiger partial charge in [0.15, 0.2) is 0 Å². The van der Waals surface area contributed by atoms with Gasteiger partial charge in [-0.15, -0.1) is 0 Å². The number of ether oxygens (including phenoxy) is 1. The van der Waals surface area contributed by atoms with Crippen molar-refractivity contribution < 1.29 is 27.9 Å². The van der Waals surface area contributed by atoms with E-state index in [0.717, 1.165) is 0 Å². The first kappa shape index (κ1) is 15.9. The van der Waals surface area contributed by atoms with E-state index in [1.165, 1.54) is 13.8 Å². The van der Waals surface area contributed by atoms with E-state index in [1.807, 2.05) is 4.72 Å². The number of hydrogen-bond donors (Lipinski definition) is 2. The summed E-state index contributed by atoms with van der Waals surface area (Å²) in [6.45, 7) is 4.22. The summed E-state index contributed by atoms with van der Waals surface area (Å²) in [6, 6.07) is 0. The number of carboxylic acid groups (broad SMARTS) is 1. The lowest BCUT2D eigenvalue weighted by molar-refractivity contribution is -0.143. The fraction of sp³-hybridized carbons (Fsp3) is 0.778. The third-order valence-electron chi connectivity index (χ3n) is 1.83. The van der Waals surface area contributed by atoms with Crippen molar-refractivity contribution >= 4 is 22.0 Å². The topological polar surface area (TPSA) is 110 Å². The van der Waals surface area contributed by atoms with Gasteiger partial charge in [-0.05, 0) is 20.8 Å². The number of rotatable bonds is 7. The number of carbonyl (C=O) groups is 2. The Kier molecular flexibility index (Phi) is 5.56. The van der Waals surface area contributed by atoms with Crippen molar-refractivity contribution in [1.82, 2.24) is 4.72 Å². The summed E-state index contributed by atoms with van der Waals surface area (Å²) in [6.07, 6.45) is -0.307. The average Bonchev–Trinajstić information content (AvgIpc) is 2.13. The monoisotopic (exact) mass is 267 g/mol. The normalized spacial score (nSPS) is 12.2. The number of nitrogens with one attached hydrogen (secondary N) is 1. The van der Waals surface area contributed by atoms with Crippen LogP contribution in [0.1, 0.15) is 27.2 Å². The maximum Gasteiger partial charge on any atom is 0.324 e. The molecule has 8 heteroatoms. The summed E-state index contributed by atoms with van der Waals surface area (Å²) >= 11 is 0. The maximum absolute atomic E-state index is 11.5. The quantitative estimate of drug-likeness (QED) is 0.614. The van der Waals surface area contributed by atoms with Crippen molar-refractivity contribution in [3.8, 4) is 0 Å². The molecule has 0 aliphatic heterocycles. The Morgan fingerprint density at radius 2 is 1.88 bits per heavy atom. The van der Waals surface area contributed by atoms with E-state index in [1.54, 1.807) is 6.92 Å². The van der Waals surface area contributed by atoms with Gasteiger partial charge in [-0.1, -0.05) is 0 Å². The molecule has 0 aliphatic rings. The second-order valence-electron chi connectivity index (χ2n) is 3.91. The highest BCUT2D eigenvalue weighted by molar-refractivity contribution is 7.89. The first-order valence-corrected chi connectivity index (χ1v) is 6.66. The van der Waals surface area contributed by atoms with Crippen molar-refractivity contribution in [2.45, 2.75) is 32.7 Å². The van der Waals surface area contributed by atoms with Crippen molar-refractivity contribution in [3.05, 3.63) is 0 Å². The molecule has 0 spiro atoms. The molecule has 0 saturated carbocycles. The lowest BCUT2D eigenvalue weighted by Crippen LogP contribution is -2.50. The summed E-state index contributed by atoms with van der Waals surface area (Å²) < 4.78 is 29.5. The fourth-order valence-electron chi connectivity index (χ4n) is 0.934. The van der Waals surface area contributed by atoms with Gasteiger partial charge in [-0.25, -0.2) is 8.42 Å². The zero-order valence-corrected chi connectivity index (χ0v) is 10.8. The molecule has 0 saturated heterocycles. The summed E-state index contributed by atoms with van der Waals surface area (Å²) in [7, 11) is -3.83. The minimum absolute atomic E-state index is 0.174. The second kappa shape index (κ2) is 5.97. The van der Waals surface area contributed by atoms with Gasteiger partial charge in [0.2, 0.25) is 10.0 Å². The molecule has 0 fully saturated rings. The van der Waals surface area contributed by atoms with Crippen LogP contribution in [0.5, 0.6) is 0 Å². The lowest BCUT2D eigenvalue weighted by atomic mass is 10.1.